The molecule has 0 saturated heterocycles. The lowest BCUT2D eigenvalue weighted by atomic mass is 10.2. The molecular weight excluding hydrogens is 299 g/mol. The minimum absolute atomic E-state index is 0.0268. The van der Waals surface area contributed by atoms with Gasteiger partial charge in [0.2, 0.25) is 0 Å². The van der Waals surface area contributed by atoms with Gasteiger partial charge in [-0.25, -0.2) is 8.42 Å². The smallest absolute Gasteiger partial charge is 0.321 e. The Morgan fingerprint density at radius 1 is 1.33 bits per heavy atom. The molecule has 100 valence electrons. The van der Waals surface area contributed by atoms with Crippen molar-refractivity contribution in [2.24, 2.45) is 0 Å². The number of carbonyl (C=O) groups is 1. The summed E-state index contributed by atoms with van der Waals surface area (Å²) in [6.07, 6.45) is 0.0268. The number of rotatable bonds is 5. The number of hydrogen-bond acceptors (Lipinski definition) is 3. The van der Waals surface area contributed by atoms with E-state index in [9.17, 15) is 13.2 Å². The first kappa shape index (κ1) is 15.3. The van der Waals surface area contributed by atoms with E-state index in [4.69, 9.17) is 28.3 Å². The quantitative estimate of drug-likeness (QED) is 0.907. The summed E-state index contributed by atoms with van der Waals surface area (Å²) in [6.45, 7) is 1.52. The highest BCUT2D eigenvalue weighted by Crippen LogP contribution is 2.24. The fourth-order valence-electron chi connectivity index (χ4n) is 1.54. The second-order valence-electron chi connectivity index (χ2n) is 3.79. The Kier molecular flexibility index (Phi) is 5.01. The molecule has 7 heteroatoms. The summed E-state index contributed by atoms with van der Waals surface area (Å²) >= 11 is 11.5. The SMILES string of the molecule is CCC(C(=O)O)S(=O)(=O)Cc1ccc(Cl)c(Cl)c1. The van der Waals surface area contributed by atoms with Gasteiger partial charge in [0.1, 0.15) is 0 Å². The Morgan fingerprint density at radius 3 is 2.39 bits per heavy atom. The highest BCUT2D eigenvalue weighted by atomic mass is 35.5. The van der Waals surface area contributed by atoms with E-state index in [1.54, 1.807) is 0 Å². The number of sulfone groups is 1. The minimum Gasteiger partial charge on any atom is -0.480 e. The standard InChI is InChI=1S/C11H12Cl2O4S/c1-2-10(11(14)15)18(16,17)6-7-3-4-8(12)9(13)5-7/h3-5,10H,2,6H2,1H3,(H,14,15). The van der Waals surface area contributed by atoms with Crippen molar-refractivity contribution in [2.75, 3.05) is 0 Å². The monoisotopic (exact) mass is 310 g/mol. The molecule has 1 aromatic rings. The number of benzene rings is 1. The van der Waals surface area contributed by atoms with Crippen LogP contribution in [0.25, 0.3) is 0 Å². The van der Waals surface area contributed by atoms with Gasteiger partial charge in [0, 0.05) is 0 Å². The molecule has 0 bridgehead atoms. The van der Waals surface area contributed by atoms with Crippen molar-refractivity contribution in [3.8, 4) is 0 Å². The van der Waals surface area contributed by atoms with Crippen LogP contribution < -0.4 is 0 Å². The van der Waals surface area contributed by atoms with Crippen LogP contribution in [0.5, 0.6) is 0 Å². The van der Waals surface area contributed by atoms with Gasteiger partial charge in [-0.1, -0.05) is 36.2 Å². The van der Waals surface area contributed by atoms with E-state index in [0.717, 1.165) is 0 Å². The van der Waals surface area contributed by atoms with Gasteiger partial charge in [-0.05, 0) is 24.1 Å². The summed E-state index contributed by atoms with van der Waals surface area (Å²) < 4.78 is 23.8. The average Bonchev–Trinajstić information content (AvgIpc) is 2.22. The van der Waals surface area contributed by atoms with Crippen molar-refractivity contribution in [3.63, 3.8) is 0 Å². The summed E-state index contributed by atoms with van der Waals surface area (Å²) in [5, 5.41) is 8.03. The summed E-state index contributed by atoms with van der Waals surface area (Å²) in [7, 11) is -3.76. The molecule has 0 fully saturated rings. The largest absolute Gasteiger partial charge is 0.480 e. The summed E-state index contributed by atoms with van der Waals surface area (Å²) in [5.74, 6) is -1.70. The van der Waals surface area contributed by atoms with Crippen LogP contribution in [0.2, 0.25) is 10.0 Å². The van der Waals surface area contributed by atoms with Crippen LogP contribution in [-0.4, -0.2) is 24.7 Å². The molecule has 18 heavy (non-hydrogen) atoms. The average molecular weight is 311 g/mol. The van der Waals surface area contributed by atoms with Crippen molar-refractivity contribution >= 4 is 39.0 Å². The summed E-state index contributed by atoms with van der Waals surface area (Å²) in [5.41, 5.74) is 0.420. The molecule has 1 atom stereocenters. The van der Waals surface area contributed by atoms with Crippen LogP contribution >= 0.6 is 23.2 Å². The lowest BCUT2D eigenvalue weighted by molar-refractivity contribution is -0.136. The van der Waals surface area contributed by atoms with E-state index < -0.39 is 21.1 Å². The van der Waals surface area contributed by atoms with Crippen molar-refractivity contribution < 1.29 is 18.3 Å². The molecule has 0 radical (unpaired) electrons. The van der Waals surface area contributed by atoms with E-state index in [2.05, 4.69) is 0 Å². The number of carboxylic acids is 1. The maximum atomic E-state index is 11.9. The summed E-state index contributed by atoms with van der Waals surface area (Å²) in [6, 6.07) is 4.42. The first-order valence-electron chi connectivity index (χ1n) is 5.16. The van der Waals surface area contributed by atoms with Crippen LogP contribution in [0.4, 0.5) is 0 Å². The molecule has 0 aromatic heterocycles. The van der Waals surface area contributed by atoms with E-state index in [-0.39, 0.29) is 17.2 Å². The maximum absolute atomic E-state index is 11.9. The Labute approximate surface area is 115 Å². The number of hydrogen-bond donors (Lipinski definition) is 1. The van der Waals surface area contributed by atoms with Gasteiger partial charge in [-0.3, -0.25) is 4.79 Å². The maximum Gasteiger partial charge on any atom is 0.321 e. The second-order valence-corrected chi connectivity index (χ2v) is 6.79. The fourth-order valence-corrected chi connectivity index (χ4v) is 3.53. The molecule has 0 aliphatic heterocycles. The Hall–Kier alpha value is -0.780. The van der Waals surface area contributed by atoms with Gasteiger partial charge in [0.25, 0.3) is 0 Å². The van der Waals surface area contributed by atoms with Crippen LogP contribution in [0.15, 0.2) is 18.2 Å². The van der Waals surface area contributed by atoms with E-state index in [0.29, 0.717) is 10.6 Å². The van der Waals surface area contributed by atoms with Gasteiger partial charge in [-0.15, -0.1) is 0 Å². The topological polar surface area (TPSA) is 71.4 Å². The van der Waals surface area contributed by atoms with Crippen molar-refractivity contribution in [1.82, 2.24) is 0 Å². The first-order valence-corrected chi connectivity index (χ1v) is 7.63. The van der Waals surface area contributed by atoms with Crippen LogP contribution in [0, 0.1) is 0 Å². The molecule has 0 spiro atoms. The Morgan fingerprint density at radius 2 is 1.94 bits per heavy atom. The van der Waals surface area contributed by atoms with Crippen molar-refractivity contribution in [1.29, 1.82) is 0 Å². The minimum atomic E-state index is -3.76. The van der Waals surface area contributed by atoms with Crippen molar-refractivity contribution in [2.45, 2.75) is 24.3 Å². The zero-order chi connectivity index (χ0) is 13.9. The molecule has 0 aliphatic rings. The molecule has 0 saturated carbocycles. The molecule has 0 aliphatic carbocycles. The number of aliphatic carboxylic acids is 1. The molecule has 0 amide bonds. The van der Waals surface area contributed by atoms with E-state index >= 15 is 0 Å². The first-order chi connectivity index (χ1) is 8.27. The Bertz CT molecular complexity index is 554. The number of carboxylic acid groups (broad SMARTS) is 1. The summed E-state index contributed by atoms with van der Waals surface area (Å²) in [4.78, 5) is 10.9. The predicted octanol–water partition coefficient (Wildman–Crippen LogP) is 2.77. The van der Waals surface area contributed by atoms with Crippen LogP contribution in [0.1, 0.15) is 18.9 Å². The van der Waals surface area contributed by atoms with Crippen LogP contribution in [0.3, 0.4) is 0 Å². The van der Waals surface area contributed by atoms with Gasteiger partial charge in [0.15, 0.2) is 15.1 Å². The van der Waals surface area contributed by atoms with Crippen LogP contribution in [-0.2, 0) is 20.4 Å². The third-order valence-corrected chi connectivity index (χ3v) is 5.31. The van der Waals surface area contributed by atoms with E-state index in [1.807, 2.05) is 0 Å². The van der Waals surface area contributed by atoms with Gasteiger partial charge in [-0.2, -0.15) is 0 Å². The van der Waals surface area contributed by atoms with E-state index in [1.165, 1.54) is 25.1 Å². The predicted molar refractivity (Wildman–Crippen MR) is 70.8 cm³/mol. The zero-order valence-electron chi connectivity index (χ0n) is 9.56. The van der Waals surface area contributed by atoms with Gasteiger partial charge >= 0.3 is 5.97 Å². The fraction of sp³-hybridized carbons (Fsp3) is 0.364. The lowest BCUT2D eigenvalue weighted by Crippen LogP contribution is -2.30. The molecule has 1 N–H and O–H groups in total. The third-order valence-electron chi connectivity index (χ3n) is 2.43. The van der Waals surface area contributed by atoms with Gasteiger partial charge in [0.05, 0.1) is 15.8 Å². The molecule has 1 unspecified atom stereocenters. The zero-order valence-corrected chi connectivity index (χ0v) is 11.9. The molecule has 1 rings (SSSR count). The molecule has 1 aromatic carbocycles. The third kappa shape index (κ3) is 3.60. The Balaban J connectivity index is 3.01. The normalized spacial score (nSPS) is 13.3. The highest BCUT2D eigenvalue weighted by molar-refractivity contribution is 7.92. The van der Waals surface area contributed by atoms with Gasteiger partial charge < -0.3 is 5.11 Å². The highest BCUT2D eigenvalue weighted by Gasteiger charge is 2.30. The van der Waals surface area contributed by atoms with Crippen molar-refractivity contribution in [3.05, 3.63) is 33.8 Å². The second kappa shape index (κ2) is 5.91. The number of halogens is 2. The molecular formula is C11H12Cl2O4S. The molecule has 0 heterocycles. The lowest BCUT2D eigenvalue weighted by Gasteiger charge is -2.11. The molecule has 4 nitrogen and oxygen atoms in total.